The van der Waals surface area contributed by atoms with Crippen LogP contribution in [0, 0.1) is 11.3 Å². The molecular formula is C11H11NO3. The Bertz CT molecular complexity index is 397. The molecule has 1 aromatic rings. The number of carbonyl (C=O) groups excluding carboxylic acids is 1. The second-order valence-electron chi connectivity index (χ2n) is 2.64. The molecule has 1 rings (SSSR count). The van der Waals surface area contributed by atoms with E-state index in [4.69, 9.17) is 10.00 Å². The van der Waals surface area contributed by atoms with Crippen molar-refractivity contribution in [3.8, 4) is 11.8 Å². The highest BCUT2D eigenvalue weighted by atomic mass is 16.5. The van der Waals surface area contributed by atoms with E-state index in [1.165, 1.54) is 0 Å². The zero-order valence-electron chi connectivity index (χ0n) is 8.28. The summed E-state index contributed by atoms with van der Waals surface area (Å²) in [5.74, 6) is 2.48. The molecule has 0 saturated carbocycles. The molecule has 4 nitrogen and oxygen atoms in total. The Morgan fingerprint density at radius 3 is 2.40 bits per heavy atom. The van der Waals surface area contributed by atoms with Gasteiger partial charge in [0.2, 0.25) is 0 Å². The fraction of sp³-hybridized carbons (Fsp3) is 0.182. The number of rotatable bonds is 3. The van der Waals surface area contributed by atoms with Gasteiger partial charge in [-0.2, -0.15) is 5.26 Å². The normalized spacial score (nSPS) is 8.00. The van der Waals surface area contributed by atoms with Crippen LogP contribution in [0.2, 0.25) is 0 Å². The van der Waals surface area contributed by atoms with Gasteiger partial charge in [-0.05, 0) is 17.7 Å². The minimum absolute atomic E-state index is 0. The van der Waals surface area contributed by atoms with Crippen LogP contribution in [0.15, 0.2) is 24.3 Å². The molecule has 1 aromatic carbocycles. The summed E-state index contributed by atoms with van der Waals surface area (Å²) in [5.41, 5.74) is 1.08. The van der Waals surface area contributed by atoms with Gasteiger partial charge in [0.15, 0.2) is 0 Å². The third kappa shape index (κ3) is 3.28. The molecule has 0 aromatic heterocycles. The molecule has 0 aliphatic heterocycles. The van der Waals surface area contributed by atoms with Crippen molar-refractivity contribution in [3.05, 3.63) is 29.8 Å². The molecule has 4 heteroatoms. The zero-order chi connectivity index (χ0) is 10.4. The van der Waals surface area contributed by atoms with E-state index >= 15 is 0 Å². The number of nitrogens with zero attached hydrogens (tertiary/aromatic N) is 1. The van der Waals surface area contributed by atoms with Crippen LogP contribution in [0.4, 0.5) is 0 Å². The van der Waals surface area contributed by atoms with Gasteiger partial charge in [0.05, 0.1) is 25.2 Å². The van der Waals surface area contributed by atoms with E-state index < -0.39 is 0 Å². The van der Waals surface area contributed by atoms with Crippen molar-refractivity contribution < 1.29 is 15.0 Å². The number of hydrogen-bond acceptors (Lipinski definition) is 3. The van der Waals surface area contributed by atoms with Gasteiger partial charge in [0.25, 0.3) is 0 Å². The lowest BCUT2D eigenvalue weighted by Crippen LogP contribution is -1.86. The molecule has 0 spiro atoms. The number of nitriles is 1. The summed E-state index contributed by atoms with van der Waals surface area (Å²) < 4.78 is 4.97. The van der Waals surface area contributed by atoms with Crippen LogP contribution >= 0.6 is 0 Å². The second-order valence-corrected chi connectivity index (χ2v) is 2.64. The van der Waals surface area contributed by atoms with E-state index in [1.54, 1.807) is 37.3 Å². The highest BCUT2D eigenvalue weighted by Crippen LogP contribution is 2.18. The summed E-state index contributed by atoms with van der Waals surface area (Å²) in [6, 6.07) is 8.86. The highest BCUT2D eigenvalue weighted by molar-refractivity contribution is 5.88. The number of hydrogen-bond donors (Lipinski definition) is 0. The molecule has 0 aliphatic rings. The maximum atomic E-state index is 10.5. The fourth-order valence-electron chi connectivity index (χ4n) is 1.07. The molecule has 0 amide bonds. The number of allylic oxidation sites excluding steroid dienone is 1. The summed E-state index contributed by atoms with van der Waals surface area (Å²) >= 11 is 0. The molecule has 0 unspecified atom stereocenters. The maximum absolute atomic E-state index is 10.5. The number of ether oxygens (including phenoxy) is 1. The Morgan fingerprint density at radius 1 is 1.40 bits per heavy atom. The summed E-state index contributed by atoms with van der Waals surface area (Å²) in [6.07, 6.45) is 0.0792. The molecular weight excluding hydrogens is 194 g/mol. The van der Waals surface area contributed by atoms with Crippen LogP contribution in [0.3, 0.4) is 0 Å². The highest BCUT2D eigenvalue weighted by Gasteiger charge is 2.01. The lowest BCUT2D eigenvalue weighted by Gasteiger charge is -2.01. The van der Waals surface area contributed by atoms with Crippen LogP contribution in [0.5, 0.6) is 5.75 Å². The Labute approximate surface area is 87.7 Å². The van der Waals surface area contributed by atoms with E-state index in [0.717, 1.165) is 5.75 Å². The van der Waals surface area contributed by atoms with Crippen molar-refractivity contribution in [2.75, 3.05) is 7.11 Å². The molecule has 0 atom stereocenters. The molecule has 78 valence electrons. The monoisotopic (exact) mass is 205 g/mol. The lowest BCUT2D eigenvalue weighted by molar-refractivity contribution is 0.415. The Hall–Kier alpha value is -2.08. The first kappa shape index (κ1) is 12.9. The largest absolute Gasteiger partial charge is 0.497 e. The predicted molar refractivity (Wildman–Crippen MR) is 55.9 cm³/mol. The van der Waals surface area contributed by atoms with Crippen molar-refractivity contribution >= 4 is 11.5 Å². The van der Waals surface area contributed by atoms with Crippen molar-refractivity contribution in [3.63, 3.8) is 0 Å². The number of methoxy groups -OCH3 is 1. The minimum atomic E-state index is 0. The van der Waals surface area contributed by atoms with Crippen molar-refractivity contribution in [1.82, 2.24) is 0 Å². The van der Waals surface area contributed by atoms with Gasteiger partial charge in [-0.25, -0.2) is 4.79 Å². The van der Waals surface area contributed by atoms with Gasteiger partial charge in [-0.15, -0.1) is 0 Å². The fourth-order valence-corrected chi connectivity index (χ4v) is 1.07. The molecule has 0 heterocycles. The third-order valence-electron chi connectivity index (χ3n) is 1.82. The van der Waals surface area contributed by atoms with Gasteiger partial charge in [0, 0.05) is 0 Å². The molecule has 2 N–H and O–H groups in total. The quantitative estimate of drug-likeness (QED) is 0.690. The Morgan fingerprint density at radius 2 is 2.00 bits per heavy atom. The van der Waals surface area contributed by atoms with Gasteiger partial charge >= 0.3 is 0 Å². The van der Waals surface area contributed by atoms with Gasteiger partial charge in [-0.1, -0.05) is 12.1 Å². The van der Waals surface area contributed by atoms with Crippen LogP contribution < -0.4 is 4.74 Å². The van der Waals surface area contributed by atoms with Crippen molar-refractivity contribution in [1.29, 1.82) is 5.26 Å². The van der Waals surface area contributed by atoms with Crippen LogP contribution in [-0.4, -0.2) is 18.5 Å². The van der Waals surface area contributed by atoms with Crippen molar-refractivity contribution in [2.24, 2.45) is 0 Å². The van der Waals surface area contributed by atoms with E-state index in [2.05, 4.69) is 0 Å². The summed E-state index contributed by atoms with van der Waals surface area (Å²) in [6.45, 7) is 0. The summed E-state index contributed by atoms with van der Waals surface area (Å²) in [4.78, 5) is 10.5. The van der Waals surface area contributed by atoms with Crippen LogP contribution in [-0.2, 0) is 4.79 Å². The van der Waals surface area contributed by atoms with Crippen LogP contribution in [0.1, 0.15) is 12.0 Å². The smallest absolute Gasteiger partial charge is 0.129 e. The first-order chi connectivity index (χ1) is 6.81. The van der Waals surface area contributed by atoms with E-state index in [1.807, 2.05) is 6.07 Å². The second kappa shape index (κ2) is 6.39. The van der Waals surface area contributed by atoms with Crippen molar-refractivity contribution in [2.45, 2.75) is 6.42 Å². The van der Waals surface area contributed by atoms with E-state index in [0.29, 0.717) is 11.1 Å². The SMILES string of the molecule is COc1ccc(C(=C=O)CC#N)cc1.O. The molecule has 0 bridgehead atoms. The van der Waals surface area contributed by atoms with Gasteiger partial charge in [-0.3, -0.25) is 0 Å². The average Bonchev–Trinajstić information content (AvgIpc) is 2.26. The molecule has 0 saturated heterocycles. The third-order valence-corrected chi connectivity index (χ3v) is 1.82. The molecule has 0 aliphatic carbocycles. The first-order valence-electron chi connectivity index (χ1n) is 4.07. The minimum Gasteiger partial charge on any atom is -0.497 e. The molecule has 15 heavy (non-hydrogen) atoms. The average molecular weight is 205 g/mol. The van der Waals surface area contributed by atoms with E-state index in [-0.39, 0.29) is 11.9 Å². The Balaban J connectivity index is 0.00000196. The molecule has 0 radical (unpaired) electrons. The molecule has 0 fully saturated rings. The van der Waals surface area contributed by atoms with Gasteiger partial charge in [0.1, 0.15) is 11.7 Å². The summed E-state index contributed by atoms with van der Waals surface area (Å²) in [7, 11) is 1.57. The number of benzene rings is 1. The topological polar surface area (TPSA) is 81.6 Å². The first-order valence-corrected chi connectivity index (χ1v) is 4.07. The standard InChI is InChI=1S/C11H9NO2.H2O/c1-14-11-4-2-9(3-5-11)10(8-13)6-7-12;/h2-5H,6H2,1H3;1H2. The van der Waals surface area contributed by atoms with E-state index in [9.17, 15) is 4.79 Å². The summed E-state index contributed by atoms with van der Waals surface area (Å²) in [5, 5.41) is 8.46. The predicted octanol–water partition coefficient (Wildman–Crippen LogP) is 0.999. The maximum Gasteiger partial charge on any atom is 0.129 e. The Kier molecular flexibility index (Phi) is 5.50. The van der Waals surface area contributed by atoms with Gasteiger partial charge < -0.3 is 10.2 Å². The zero-order valence-corrected chi connectivity index (χ0v) is 8.28. The lowest BCUT2D eigenvalue weighted by atomic mass is 10.1. The van der Waals surface area contributed by atoms with Crippen LogP contribution in [0.25, 0.3) is 5.57 Å².